The highest BCUT2D eigenvalue weighted by Crippen LogP contribution is 2.27. The Hall–Kier alpha value is -0.610. The zero-order valence-electron chi connectivity index (χ0n) is 14.6. The van der Waals surface area contributed by atoms with Gasteiger partial charge in [-0.1, -0.05) is 26.2 Å². The molecule has 0 bridgehead atoms. The van der Waals surface area contributed by atoms with Gasteiger partial charge in [-0.25, -0.2) is 0 Å². The van der Waals surface area contributed by atoms with Crippen molar-refractivity contribution in [1.29, 1.82) is 0 Å². The molecule has 1 saturated carbocycles. The van der Waals surface area contributed by atoms with Gasteiger partial charge in [-0.15, -0.1) is 0 Å². The van der Waals surface area contributed by atoms with E-state index in [9.17, 15) is 4.79 Å². The van der Waals surface area contributed by atoms with E-state index in [1.807, 2.05) is 20.9 Å². The summed E-state index contributed by atoms with van der Waals surface area (Å²) in [5.41, 5.74) is -0.600. The van der Waals surface area contributed by atoms with Gasteiger partial charge in [0.1, 0.15) is 5.54 Å². The lowest BCUT2D eigenvalue weighted by atomic mass is 9.89. The molecule has 124 valence electrons. The summed E-state index contributed by atoms with van der Waals surface area (Å²) in [7, 11) is 1.85. The Kier molecular flexibility index (Phi) is 7.67. The average molecular weight is 298 g/mol. The first-order chi connectivity index (χ1) is 9.98. The molecule has 1 aliphatic carbocycles. The Morgan fingerprint density at radius 3 is 2.43 bits per heavy atom. The first-order valence-corrected chi connectivity index (χ1v) is 8.60. The first kappa shape index (κ1) is 18.4. The van der Waals surface area contributed by atoms with Gasteiger partial charge in [-0.3, -0.25) is 9.69 Å². The van der Waals surface area contributed by atoms with Gasteiger partial charge in [0.25, 0.3) is 0 Å². The Labute approximate surface area is 130 Å². The molecular formula is C17H34N2O2. The Bertz CT molecular complexity index is 316. The summed E-state index contributed by atoms with van der Waals surface area (Å²) in [5, 5.41) is 3.17. The summed E-state index contributed by atoms with van der Waals surface area (Å²) in [6.45, 7) is 9.77. The largest absolute Gasteiger partial charge is 0.465 e. The van der Waals surface area contributed by atoms with Crippen LogP contribution in [0.5, 0.6) is 0 Å². The minimum absolute atomic E-state index is 0.140. The van der Waals surface area contributed by atoms with Crippen molar-refractivity contribution >= 4 is 5.97 Å². The molecule has 0 heterocycles. The average Bonchev–Trinajstić information content (AvgIpc) is 2.49. The van der Waals surface area contributed by atoms with E-state index in [0.717, 1.165) is 13.0 Å². The number of nitrogens with one attached hydrogen (secondary N) is 1. The highest BCUT2D eigenvalue weighted by atomic mass is 16.5. The maximum absolute atomic E-state index is 12.2. The molecule has 4 nitrogen and oxygen atoms in total. The SMILES string of the molecule is CCOC(=O)C(C)(CC(C)N(CC)C1CCCCC1)NC. The van der Waals surface area contributed by atoms with Gasteiger partial charge in [0.05, 0.1) is 6.61 Å². The van der Waals surface area contributed by atoms with Crippen LogP contribution in [0.3, 0.4) is 0 Å². The van der Waals surface area contributed by atoms with E-state index in [2.05, 4.69) is 24.1 Å². The number of rotatable bonds is 8. The summed E-state index contributed by atoms with van der Waals surface area (Å²) in [6.07, 6.45) is 7.44. The second-order valence-electron chi connectivity index (χ2n) is 6.48. The normalized spacial score (nSPS) is 21.0. The van der Waals surface area contributed by atoms with Crippen molar-refractivity contribution in [3.8, 4) is 0 Å². The minimum atomic E-state index is -0.600. The van der Waals surface area contributed by atoms with Crippen molar-refractivity contribution < 1.29 is 9.53 Å². The third-order valence-corrected chi connectivity index (χ3v) is 4.96. The predicted octanol–water partition coefficient (Wildman–Crippen LogP) is 2.96. The number of carbonyl (C=O) groups is 1. The number of ether oxygens (including phenoxy) is 1. The van der Waals surface area contributed by atoms with Crippen LogP contribution < -0.4 is 5.32 Å². The molecular weight excluding hydrogens is 264 g/mol. The van der Waals surface area contributed by atoms with E-state index >= 15 is 0 Å². The van der Waals surface area contributed by atoms with Crippen LogP contribution >= 0.6 is 0 Å². The molecule has 0 saturated heterocycles. The van der Waals surface area contributed by atoms with Crippen molar-refractivity contribution in [2.24, 2.45) is 0 Å². The van der Waals surface area contributed by atoms with Crippen molar-refractivity contribution in [2.75, 3.05) is 20.2 Å². The number of esters is 1. The lowest BCUT2D eigenvalue weighted by Crippen LogP contribution is -2.54. The number of carbonyl (C=O) groups excluding carboxylic acids is 1. The molecule has 1 rings (SSSR count). The van der Waals surface area contributed by atoms with Crippen LogP contribution in [0.25, 0.3) is 0 Å². The lowest BCUT2D eigenvalue weighted by molar-refractivity contribution is -0.151. The molecule has 0 aromatic carbocycles. The van der Waals surface area contributed by atoms with Gasteiger partial charge in [-0.2, -0.15) is 0 Å². The Morgan fingerprint density at radius 2 is 1.95 bits per heavy atom. The Balaban J connectivity index is 2.69. The van der Waals surface area contributed by atoms with Gasteiger partial charge in [0.15, 0.2) is 0 Å². The van der Waals surface area contributed by atoms with Gasteiger partial charge < -0.3 is 10.1 Å². The summed E-state index contributed by atoms with van der Waals surface area (Å²) in [6, 6.07) is 1.06. The van der Waals surface area contributed by atoms with Crippen LogP contribution in [-0.4, -0.2) is 48.7 Å². The quantitative estimate of drug-likeness (QED) is 0.700. The third-order valence-electron chi connectivity index (χ3n) is 4.96. The van der Waals surface area contributed by atoms with E-state index in [1.54, 1.807) is 0 Å². The fourth-order valence-electron chi connectivity index (χ4n) is 3.63. The van der Waals surface area contributed by atoms with Crippen LogP contribution in [0, 0.1) is 0 Å². The minimum Gasteiger partial charge on any atom is -0.465 e. The fourth-order valence-corrected chi connectivity index (χ4v) is 3.63. The fraction of sp³-hybridized carbons (Fsp3) is 0.941. The van der Waals surface area contributed by atoms with Crippen molar-refractivity contribution in [3.63, 3.8) is 0 Å². The summed E-state index contributed by atoms with van der Waals surface area (Å²) >= 11 is 0. The van der Waals surface area contributed by atoms with Crippen LogP contribution in [-0.2, 0) is 9.53 Å². The highest BCUT2D eigenvalue weighted by Gasteiger charge is 2.37. The van der Waals surface area contributed by atoms with Crippen molar-refractivity contribution in [1.82, 2.24) is 10.2 Å². The summed E-state index contributed by atoms with van der Waals surface area (Å²) in [4.78, 5) is 14.8. The predicted molar refractivity (Wildman–Crippen MR) is 87.4 cm³/mol. The second-order valence-corrected chi connectivity index (χ2v) is 6.48. The number of nitrogens with zero attached hydrogens (tertiary/aromatic N) is 1. The second kappa shape index (κ2) is 8.74. The van der Waals surface area contributed by atoms with Crippen LogP contribution in [0.1, 0.15) is 66.2 Å². The molecule has 0 aromatic rings. The molecule has 21 heavy (non-hydrogen) atoms. The molecule has 0 radical (unpaired) electrons. The van der Waals surface area contributed by atoms with Gasteiger partial charge in [0.2, 0.25) is 0 Å². The zero-order valence-corrected chi connectivity index (χ0v) is 14.6. The molecule has 0 aliphatic heterocycles. The monoisotopic (exact) mass is 298 g/mol. The molecule has 0 spiro atoms. The maximum atomic E-state index is 12.2. The zero-order chi connectivity index (χ0) is 15.9. The van der Waals surface area contributed by atoms with Gasteiger partial charge >= 0.3 is 5.97 Å². The molecule has 1 N–H and O–H groups in total. The van der Waals surface area contributed by atoms with Crippen molar-refractivity contribution in [3.05, 3.63) is 0 Å². The molecule has 4 heteroatoms. The van der Waals surface area contributed by atoms with Crippen LogP contribution in [0.15, 0.2) is 0 Å². The summed E-state index contributed by atoms with van der Waals surface area (Å²) < 4.78 is 5.24. The first-order valence-electron chi connectivity index (χ1n) is 8.60. The summed E-state index contributed by atoms with van der Waals surface area (Å²) in [5.74, 6) is -0.140. The van der Waals surface area contributed by atoms with Gasteiger partial charge in [-0.05, 0) is 53.6 Å². The smallest absolute Gasteiger partial charge is 0.326 e. The molecule has 2 unspecified atom stereocenters. The van der Waals surface area contributed by atoms with E-state index < -0.39 is 5.54 Å². The highest BCUT2D eigenvalue weighted by molar-refractivity contribution is 5.80. The molecule has 1 fully saturated rings. The topological polar surface area (TPSA) is 41.6 Å². The number of hydrogen-bond acceptors (Lipinski definition) is 4. The number of likely N-dealkylation sites (N-methyl/N-ethyl adjacent to an activating group) is 1. The van der Waals surface area contributed by atoms with Gasteiger partial charge in [0, 0.05) is 12.1 Å². The number of hydrogen-bond donors (Lipinski definition) is 1. The third kappa shape index (κ3) is 4.96. The maximum Gasteiger partial charge on any atom is 0.326 e. The Morgan fingerprint density at radius 1 is 1.33 bits per heavy atom. The van der Waals surface area contributed by atoms with Crippen LogP contribution in [0.2, 0.25) is 0 Å². The van der Waals surface area contributed by atoms with E-state index in [-0.39, 0.29) is 5.97 Å². The van der Waals surface area contributed by atoms with E-state index in [1.165, 1.54) is 32.1 Å². The molecule has 0 aromatic heterocycles. The van der Waals surface area contributed by atoms with Crippen molar-refractivity contribution in [2.45, 2.75) is 83.8 Å². The van der Waals surface area contributed by atoms with E-state index in [0.29, 0.717) is 18.7 Å². The molecule has 1 aliphatic rings. The lowest BCUT2D eigenvalue weighted by Gasteiger charge is -2.41. The standard InChI is InChI=1S/C17H34N2O2/c1-6-19(15-11-9-8-10-12-15)14(3)13-17(4,18-5)16(20)21-7-2/h14-15,18H,6-13H2,1-5H3. The molecule has 0 amide bonds. The van der Waals surface area contributed by atoms with Crippen LogP contribution in [0.4, 0.5) is 0 Å². The van der Waals surface area contributed by atoms with E-state index in [4.69, 9.17) is 4.74 Å². The molecule has 2 atom stereocenters.